The molecular weight excluding hydrogens is 1060 g/mol. The Balaban J connectivity index is 2.07. The molecule has 10 amide bonds. The van der Waals surface area contributed by atoms with Crippen molar-refractivity contribution in [3.63, 3.8) is 0 Å². The number of amides is 10. The summed E-state index contributed by atoms with van der Waals surface area (Å²) < 4.78 is 0. The number of carbonyl (C=O) groups excluding carboxylic acids is 10. The molecule has 1 aliphatic rings. The lowest BCUT2D eigenvalue weighted by Gasteiger charge is -2.28. The van der Waals surface area contributed by atoms with Gasteiger partial charge in [0.1, 0.15) is 54.4 Å². The first-order valence-corrected chi connectivity index (χ1v) is 27.0. The molecule has 3 rings (SSSR count). The van der Waals surface area contributed by atoms with E-state index in [0.29, 0.717) is 16.1 Å². The largest absolute Gasteiger partial charge is 0.391 e. The maximum absolute atomic E-state index is 14.4. The van der Waals surface area contributed by atoms with Crippen LogP contribution in [0.25, 0.3) is 0 Å². The van der Waals surface area contributed by atoms with Gasteiger partial charge in [0.2, 0.25) is 59.1 Å². The quantitative estimate of drug-likeness (QED) is 0.0524. The predicted octanol–water partition coefficient (Wildman–Crippen LogP) is -5.29. The average Bonchev–Trinajstić information content (AvgIpc) is 3.40. The second-order valence-corrected chi connectivity index (χ2v) is 20.4. The van der Waals surface area contributed by atoms with Gasteiger partial charge in [-0.15, -0.1) is 0 Å². The fourth-order valence-electron chi connectivity index (χ4n) is 8.53. The summed E-state index contributed by atoms with van der Waals surface area (Å²) in [6.07, 6.45) is -4.32. The number of carbonyl (C=O) groups is 10. The Hall–Kier alpha value is -6.85. The van der Waals surface area contributed by atoms with Crippen molar-refractivity contribution in [2.75, 3.05) is 39.3 Å². The van der Waals surface area contributed by atoms with Gasteiger partial charge < -0.3 is 92.0 Å². The Morgan fingerprint density at radius 2 is 1.15 bits per heavy atom. The summed E-state index contributed by atoms with van der Waals surface area (Å²) >= 11 is 6.14. The van der Waals surface area contributed by atoms with Crippen LogP contribution in [0.4, 0.5) is 0 Å². The molecular formula is C52H82ClN15O12. The molecule has 1 aliphatic heterocycles. The van der Waals surface area contributed by atoms with E-state index in [1.807, 2.05) is 0 Å². The second-order valence-electron chi connectivity index (χ2n) is 20.0. The van der Waals surface area contributed by atoms with Crippen molar-refractivity contribution in [2.24, 2.45) is 34.6 Å². The SMILES string of the molecule is CC(C)C[C@@H]1NC(=O)[C@@H](Cc2ccccc2)NC(=O)[C@H](CCN)NC(=O)[C@@H](NC(=O)[C@H](CN)NC(=O)[C@@H](NC(=O)C[C@H](CN)c2cccc(Cl)c2)[C@@H](C)O)CCNC(=O)[C@H]([C@@H](C)O)NC(=O)[C@H](CCN)NC(=O)[C@H](CCN)NC1=O. The van der Waals surface area contributed by atoms with E-state index in [2.05, 4.69) is 53.2 Å². The number of aliphatic hydroxyl groups is 2. The van der Waals surface area contributed by atoms with Gasteiger partial charge in [-0.1, -0.05) is 67.9 Å². The molecule has 22 N–H and O–H groups in total. The van der Waals surface area contributed by atoms with Crippen LogP contribution in [0.1, 0.15) is 83.3 Å². The highest BCUT2D eigenvalue weighted by Crippen LogP contribution is 2.22. The molecule has 1 saturated heterocycles. The molecule has 0 unspecified atom stereocenters. The van der Waals surface area contributed by atoms with Crippen LogP contribution in [0.2, 0.25) is 5.02 Å². The van der Waals surface area contributed by atoms with Crippen molar-refractivity contribution in [1.82, 2.24) is 53.2 Å². The Morgan fingerprint density at radius 3 is 1.66 bits per heavy atom. The molecule has 0 aromatic heterocycles. The zero-order valence-corrected chi connectivity index (χ0v) is 46.4. The third-order valence-electron chi connectivity index (χ3n) is 12.9. The zero-order valence-electron chi connectivity index (χ0n) is 45.6. The second kappa shape index (κ2) is 34.3. The smallest absolute Gasteiger partial charge is 0.245 e. The maximum atomic E-state index is 14.4. The molecule has 0 radical (unpaired) electrons. The minimum Gasteiger partial charge on any atom is -0.391 e. The van der Waals surface area contributed by atoms with Crippen molar-refractivity contribution in [1.29, 1.82) is 0 Å². The molecule has 1 heterocycles. The lowest BCUT2D eigenvalue weighted by Crippen LogP contribution is -2.62. The molecule has 444 valence electrons. The van der Waals surface area contributed by atoms with Crippen molar-refractivity contribution < 1.29 is 58.2 Å². The van der Waals surface area contributed by atoms with Crippen molar-refractivity contribution in [3.8, 4) is 0 Å². The zero-order chi connectivity index (χ0) is 59.6. The van der Waals surface area contributed by atoms with Crippen molar-refractivity contribution in [3.05, 3.63) is 70.7 Å². The van der Waals surface area contributed by atoms with Crippen LogP contribution in [-0.4, -0.2) is 175 Å². The molecule has 0 bridgehead atoms. The molecule has 0 aliphatic carbocycles. The number of rotatable bonds is 22. The van der Waals surface area contributed by atoms with E-state index in [1.165, 1.54) is 13.8 Å². The van der Waals surface area contributed by atoms with Crippen molar-refractivity contribution >= 4 is 70.7 Å². The van der Waals surface area contributed by atoms with Crippen LogP contribution in [0.3, 0.4) is 0 Å². The first-order chi connectivity index (χ1) is 38.0. The van der Waals surface area contributed by atoms with Crippen LogP contribution in [-0.2, 0) is 54.4 Å². The van der Waals surface area contributed by atoms with Gasteiger partial charge in [-0.05, 0) is 101 Å². The predicted molar refractivity (Wildman–Crippen MR) is 296 cm³/mol. The number of benzene rings is 2. The van der Waals surface area contributed by atoms with E-state index in [4.69, 9.17) is 40.3 Å². The van der Waals surface area contributed by atoms with Crippen LogP contribution in [0.15, 0.2) is 54.6 Å². The fourth-order valence-corrected chi connectivity index (χ4v) is 8.73. The highest BCUT2D eigenvalue weighted by Gasteiger charge is 2.37. The van der Waals surface area contributed by atoms with Crippen molar-refractivity contribution in [2.45, 2.75) is 145 Å². The molecule has 28 heteroatoms. The van der Waals surface area contributed by atoms with Gasteiger partial charge >= 0.3 is 0 Å². The standard InChI is InChI=1S/C52H82ClN15O12/c1-27(2)21-38-48(76)62-34(13-17-54)44(72)61-36(15-19-56)47(75)68-42(28(3)69)51(79)59-20-16-37(46(74)60-35(14-18-55)45(73)65-39(49(77)64-38)22-30-9-6-5-7-10-30)63-50(78)40(26-58)66-52(80)43(29(4)70)67-41(71)24-32(25-57)31-11-8-12-33(53)23-31/h5-12,23,27-29,32,34-40,42-43,69-70H,13-22,24-26,54-58H2,1-4H3,(H,59,79)(H,60,74)(H,61,72)(H,62,76)(H,63,78)(H,64,77)(H,65,73)(H,66,80)(H,67,71)(H,68,75)/t28-,29-,32-,34+,35+,36+,37+,38+,39-,40+,42+,43+/m1/s1. The highest BCUT2D eigenvalue weighted by molar-refractivity contribution is 6.30. The summed E-state index contributed by atoms with van der Waals surface area (Å²) in [5, 5.41) is 47.1. The number of halogens is 1. The summed E-state index contributed by atoms with van der Waals surface area (Å²) in [6.45, 7) is 4.54. The third-order valence-corrected chi connectivity index (χ3v) is 13.2. The van der Waals surface area contributed by atoms with E-state index >= 15 is 0 Å². The fraction of sp³-hybridized carbons (Fsp3) is 0.577. The Labute approximate surface area is 470 Å². The summed E-state index contributed by atoms with van der Waals surface area (Å²) in [6, 6.07) is 1.70. The first kappa shape index (κ1) is 67.4. The molecule has 1 fully saturated rings. The van der Waals surface area contributed by atoms with E-state index in [9.17, 15) is 58.2 Å². The Morgan fingerprint density at radius 1 is 0.625 bits per heavy atom. The Bertz CT molecular complexity index is 2400. The third kappa shape index (κ3) is 22.0. The Kier molecular flexibility index (Phi) is 28.9. The topological polar surface area (TPSA) is 462 Å². The van der Waals surface area contributed by atoms with Crippen LogP contribution < -0.4 is 81.8 Å². The van der Waals surface area contributed by atoms with Crippen LogP contribution >= 0.6 is 11.6 Å². The lowest BCUT2D eigenvalue weighted by molar-refractivity contribution is -0.136. The van der Waals surface area contributed by atoms with Gasteiger partial charge in [-0.3, -0.25) is 47.9 Å². The highest BCUT2D eigenvalue weighted by atomic mass is 35.5. The summed E-state index contributed by atoms with van der Waals surface area (Å²) in [4.78, 5) is 140. The molecule has 2 aromatic carbocycles. The lowest BCUT2D eigenvalue weighted by atomic mass is 9.95. The molecule has 0 spiro atoms. The van der Waals surface area contributed by atoms with Gasteiger partial charge in [0.05, 0.1) is 12.2 Å². The number of hydrogen-bond donors (Lipinski definition) is 17. The van der Waals surface area contributed by atoms with Gasteiger partial charge in [-0.2, -0.15) is 0 Å². The van der Waals surface area contributed by atoms with Gasteiger partial charge in [-0.25, -0.2) is 0 Å². The van der Waals surface area contributed by atoms with E-state index in [0.717, 1.165) is 0 Å². The van der Waals surface area contributed by atoms with Gasteiger partial charge in [0, 0.05) is 36.9 Å². The minimum absolute atomic E-state index is 0.0295. The van der Waals surface area contributed by atoms with Crippen LogP contribution in [0, 0.1) is 5.92 Å². The number of nitrogens with two attached hydrogens (primary N) is 5. The van der Waals surface area contributed by atoms with E-state index in [1.54, 1.807) is 68.4 Å². The number of hydrogen-bond acceptors (Lipinski definition) is 17. The molecule has 80 heavy (non-hydrogen) atoms. The van der Waals surface area contributed by atoms with Crippen LogP contribution in [0.5, 0.6) is 0 Å². The summed E-state index contributed by atoms with van der Waals surface area (Å²) in [5.74, 6) is -9.88. The summed E-state index contributed by atoms with van der Waals surface area (Å²) in [7, 11) is 0. The van der Waals surface area contributed by atoms with Gasteiger partial charge in [0.15, 0.2) is 0 Å². The van der Waals surface area contributed by atoms with E-state index in [-0.39, 0.29) is 70.6 Å². The minimum atomic E-state index is -1.68. The molecule has 0 saturated carbocycles. The monoisotopic (exact) mass is 1140 g/mol. The molecule has 27 nitrogen and oxygen atoms in total. The average molecular weight is 1140 g/mol. The van der Waals surface area contributed by atoms with Gasteiger partial charge in [0.25, 0.3) is 0 Å². The number of nitrogens with one attached hydrogen (secondary N) is 10. The summed E-state index contributed by atoms with van der Waals surface area (Å²) in [5.41, 5.74) is 30.8. The number of aliphatic hydroxyl groups excluding tert-OH is 2. The first-order valence-electron chi connectivity index (χ1n) is 26.6. The molecule has 12 atom stereocenters. The van der Waals surface area contributed by atoms with E-state index < -0.39 is 151 Å². The molecule has 2 aromatic rings. The normalized spacial score (nSPS) is 23.2. The maximum Gasteiger partial charge on any atom is 0.245 e.